The van der Waals surface area contributed by atoms with Gasteiger partial charge in [0.1, 0.15) is 0 Å². The fraction of sp³-hybridized carbons (Fsp3) is 1.00. The Hall–Kier alpha value is -0.0800. The molecule has 0 amide bonds. The summed E-state index contributed by atoms with van der Waals surface area (Å²) in [6, 6.07) is 0.533. The van der Waals surface area contributed by atoms with Gasteiger partial charge in [0, 0.05) is 12.6 Å². The minimum Gasteiger partial charge on any atom is -0.377 e. The van der Waals surface area contributed by atoms with E-state index in [1.807, 2.05) is 0 Å². The van der Waals surface area contributed by atoms with Crippen LogP contribution in [0.15, 0.2) is 0 Å². The molecule has 0 aliphatic heterocycles. The van der Waals surface area contributed by atoms with E-state index in [1.165, 1.54) is 25.7 Å². The molecule has 1 aliphatic carbocycles. The molecule has 1 aliphatic rings. The first-order valence-corrected chi connectivity index (χ1v) is 6.46. The Bertz CT molecular complexity index is 177. The van der Waals surface area contributed by atoms with Gasteiger partial charge in [-0.25, -0.2) is 0 Å². The van der Waals surface area contributed by atoms with E-state index in [2.05, 4.69) is 33.0 Å². The molecule has 1 saturated carbocycles. The van der Waals surface area contributed by atoms with E-state index in [1.54, 1.807) is 0 Å². The van der Waals surface area contributed by atoms with Crippen molar-refractivity contribution in [1.82, 2.24) is 5.32 Å². The van der Waals surface area contributed by atoms with Crippen LogP contribution in [0.4, 0.5) is 0 Å². The molecule has 0 heterocycles. The first-order valence-electron chi connectivity index (χ1n) is 6.46. The van der Waals surface area contributed by atoms with Crippen molar-refractivity contribution < 1.29 is 4.74 Å². The van der Waals surface area contributed by atoms with Crippen LogP contribution in [0.1, 0.15) is 53.4 Å². The maximum absolute atomic E-state index is 5.87. The molecule has 0 aromatic rings. The molecule has 0 spiro atoms. The van der Waals surface area contributed by atoms with Crippen LogP contribution in [0.2, 0.25) is 0 Å². The van der Waals surface area contributed by atoms with Crippen molar-refractivity contribution in [2.75, 3.05) is 13.2 Å². The molecule has 0 bridgehead atoms. The highest BCUT2D eigenvalue weighted by molar-refractivity contribution is 4.94. The third-order valence-corrected chi connectivity index (χ3v) is 3.52. The lowest BCUT2D eigenvalue weighted by Crippen LogP contribution is -2.53. The van der Waals surface area contributed by atoms with Crippen LogP contribution in [-0.4, -0.2) is 25.3 Å². The van der Waals surface area contributed by atoms with E-state index in [-0.39, 0.29) is 0 Å². The molecule has 15 heavy (non-hydrogen) atoms. The summed E-state index contributed by atoms with van der Waals surface area (Å²) >= 11 is 0. The lowest BCUT2D eigenvalue weighted by atomic mass is 9.71. The minimum atomic E-state index is 0.382. The van der Waals surface area contributed by atoms with Gasteiger partial charge in [-0.15, -0.1) is 0 Å². The normalized spacial score (nSPS) is 30.4. The number of hydrogen-bond donors (Lipinski definition) is 1. The third-order valence-electron chi connectivity index (χ3n) is 3.52. The van der Waals surface area contributed by atoms with Crippen LogP contribution in [0.3, 0.4) is 0 Å². The fourth-order valence-electron chi connectivity index (χ4n) is 2.69. The average molecular weight is 213 g/mol. The zero-order chi connectivity index (χ0) is 11.3. The molecule has 0 aromatic heterocycles. The molecule has 1 fully saturated rings. The second-order valence-corrected chi connectivity index (χ2v) is 5.31. The van der Waals surface area contributed by atoms with Crippen molar-refractivity contribution in [1.29, 1.82) is 0 Å². The summed E-state index contributed by atoms with van der Waals surface area (Å²) in [5.41, 5.74) is 0.382. The highest BCUT2D eigenvalue weighted by Gasteiger charge is 2.38. The van der Waals surface area contributed by atoms with Gasteiger partial charge in [-0.2, -0.15) is 0 Å². The fourth-order valence-corrected chi connectivity index (χ4v) is 2.69. The summed E-state index contributed by atoms with van der Waals surface area (Å²) in [6.45, 7) is 11.0. The summed E-state index contributed by atoms with van der Waals surface area (Å²) in [6.07, 6.45) is 5.47. The van der Waals surface area contributed by atoms with E-state index in [9.17, 15) is 0 Å². The Morgan fingerprint density at radius 2 is 2.07 bits per heavy atom. The summed E-state index contributed by atoms with van der Waals surface area (Å²) in [4.78, 5) is 0. The van der Waals surface area contributed by atoms with Crippen LogP contribution in [0.5, 0.6) is 0 Å². The summed E-state index contributed by atoms with van der Waals surface area (Å²) in [7, 11) is 0. The lowest BCUT2D eigenvalue weighted by Gasteiger charge is -2.44. The maximum Gasteiger partial charge on any atom is 0.0733 e. The van der Waals surface area contributed by atoms with Crippen molar-refractivity contribution >= 4 is 0 Å². The molecule has 2 nitrogen and oxygen atoms in total. The first-order chi connectivity index (χ1) is 7.11. The molecule has 1 N–H and O–H groups in total. The van der Waals surface area contributed by atoms with Gasteiger partial charge >= 0.3 is 0 Å². The van der Waals surface area contributed by atoms with E-state index >= 15 is 0 Å². The highest BCUT2D eigenvalue weighted by atomic mass is 16.5. The molecular weight excluding hydrogens is 186 g/mol. The molecule has 2 atom stereocenters. The standard InChI is InChI=1S/C13H27NO/c1-5-10-14-12-11(15-6-2)8-7-9-13(12,3)4/h11-12,14H,5-10H2,1-4H3. The smallest absolute Gasteiger partial charge is 0.0733 e. The molecule has 0 radical (unpaired) electrons. The Balaban J connectivity index is 2.59. The van der Waals surface area contributed by atoms with Crippen LogP contribution >= 0.6 is 0 Å². The van der Waals surface area contributed by atoms with Crippen LogP contribution in [0.25, 0.3) is 0 Å². The van der Waals surface area contributed by atoms with Crippen molar-refractivity contribution in [3.63, 3.8) is 0 Å². The van der Waals surface area contributed by atoms with Gasteiger partial charge < -0.3 is 10.1 Å². The maximum atomic E-state index is 5.87. The van der Waals surface area contributed by atoms with Gasteiger partial charge in [-0.3, -0.25) is 0 Å². The second kappa shape index (κ2) is 5.86. The van der Waals surface area contributed by atoms with E-state index < -0.39 is 0 Å². The molecule has 0 saturated heterocycles. The van der Waals surface area contributed by atoms with E-state index in [0.717, 1.165) is 13.2 Å². The van der Waals surface area contributed by atoms with Crippen LogP contribution in [0, 0.1) is 5.41 Å². The largest absolute Gasteiger partial charge is 0.377 e. The van der Waals surface area contributed by atoms with Gasteiger partial charge in [0.25, 0.3) is 0 Å². The Labute approximate surface area is 94.8 Å². The SMILES string of the molecule is CCCNC1C(OCC)CCCC1(C)C. The van der Waals surface area contributed by atoms with Crippen molar-refractivity contribution in [3.05, 3.63) is 0 Å². The number of nitrogens with one attached hydrogen (secondary N) is 1. The quantitative estimate of drug-likeness (QED) is 0.758. The van der Waals surface area contributed by atoms with Gasteiger partial charge in [-0.05, 0) is 38.1 Å². The molecular formula is C13H27NO. The highest BCUT2D eigenvalue weighted by Crippen LogP contribution is 2.36. The predicted molar refractivity (Wildman–Crippen MR) is 65.1 cm³/mol. The predicted octanol–water partition coefficient (Wildman–Crippen LogP) is 2.97. The Morgan fingerprint density at radius 1 is 1.33 bits per heavy atom. The van der Waals surface area contributed by atoms with Crippen molar-refractivity contribution in [2.24, 2.45) is 5.41 Å². The summed E-state index contributed by atoms with van der Waals surface area (Å²) in [5.74, 6) is 0. The average Bonchev–Trinajstić information content (AvgIpc) is 2.16. The van der Waals surface area contributed by atoms with Crippen LogP contribution in [-0.2, 0) is 4.74 Å². The third kappa shape index (κ3) is 3.46. The number of rotatable bonds is 5. The number of ether oxygens (including phenoxy) is 1. The monoisotopic (exact) mass is 213 g/mol. The van der Waals surface area contributed by atoms with Gasteiger partial charge in [0.15, 0.2) is 0 Å². The molecule has 0 aromatic carbocycles. The van der Waals surface area contributed by atoms with Gasteiger partial charge in [0.05, 0.1) is 6.10 Å². The van der Waals surface area contributed by atoms with E-state index in [0.29, 0.717) is 17.6 Å². The Kier molecular flexibility index (Phi) is 5.07. The Morgan fingerprint density at radius 3 is 2.67 bits per heavy atom. The summed E-state index contributed by atoms with van der Waals surface area (Å²) < 4.78 is 5.87. The zero-order valence-electron chi connectivity index (χ0n) is 10.8. The number of hydrogen-bond acceptors (Lipinski definition) is 2. The van der Waals surface area contributed by atoms with Crippen molar-refractivity contribution in [2.45, 2.75) is 65.5 Å². The van der Waals surface area contributed by atoms with Crippen LogP contribution < -0.4 is 5.32 Å². The van der Waals surface area contributed by atoms with Crippen molar-refractivity contribution in [3.8, 4) is 0 Å². The molecule has 2 heteroatoms. The lowest BCUT2D eigenvalue weighted by molar-refractivity contribution is -0.0321. The van der Waals surface area contributed by atoms with Gasteiger partial charge in [-0.1, -0.05) is 27.2 Å². The van der Waals surface area contributed by atoms with Gasteiger partial charge in [0.2, 0.25) is 0 Å². The first kappa shape index (κ1) is 13.0. The second-order valence-electron chi connectivity index (χ2n) is 5.31. The van der Waals surface area contributed by atoms with E-state index in [4.69, 9.17) is 4.74 Å². The molecule has 90 valence electrons. The zero-order valence-corrected chi connectivity index (χ0v) is 10.8. The molecule has 2 unspecified atom stereocenters. The molecule has 1 rings (SSSR count). The summed E-state index contributed by atoms with van der Waals surface area (Å²) in [5, 5.41) is 3.67. The topological polar surface area (TPSA) is 21.3 Å². The minimum absolute atomic E-state index is 0.382.